The monoisotopic (exact) mass is 481 g/mol. The number of aromatic nitrogens is 1. The Hall–Kier alpha value is -2.14. The van der Waals surface area contributed by atoms with Crippen molar-refractivity contribution in [3.8, 4) is 0 Å². The first kappa shape index (κ1) is 24.0. The maximum absolute atomic E-state index is 14.6. The molecule has 33 heavy (non-hydrogen) atoms. The van der Waals surface area contributed by atoms with E-state index in [4.69, 9.17) is 4.74 Å². The molecule has 0 spiro atoms. The number of halogens is 2. The Balaban J connectivity index is 1.44. The van der Waals surface area contributed by atoms with Crippen LogP contribution < -0.4 is 15.1 Å². The molecule has 4 atom stereocenters. The lowest BCUT2D eigenvalue weighted by Gasteiger charge is -2.34. The second-order valence-corrected chi connectivity index (χ2v) is 9.63. The van der Waals surface area contributed by atoms with Gasteiger partial charge in [-0.3, -0.25) is 9.35 Å². The minimum Gasteiger partial charge on any atom is -0.376 e. The van der Waals surface area contributed by atoms with Gasteiger partial charge >= 0.3 is 0 Å². The fraction of sp³-hybridized carbons (Fsp3) is 0.522. The third-order valence-electron chi connectivity index (χ3n) is 6.78. The maximum atomic E-state index is 14.6. The summed E-state index contributed by atoms with van der Waals surface area (Å²) in [5.74, 6) is -0.757. The number of aromatic amines is 1. The van der Waals surface area contributed by atoms with E-state index < -0.39 is 34.6 Å². The summed E-state index contributed by atoms with van der Waals surface area (Å²) in [6.45, 7) is 2.09. The lowest BCUT2D eigenvalue weighted by Crippen LogP contribution is -2.48. The molecule has 10 heteroatoms. The first-order chi connectivity index (χ1) is 15.8. The van der Waals surface area contributed by atoms with Crippen molar-refractivity contribution < 1.29 is 22.3 Å². The third kappa shape index (κ3) is 5.51. The Labute approximate surface area is 194 Å². The summed E-state index contributed by atoms with van der Waals surface area (Å²) in [5, 5.41) is 0. The van der Waals surface area contributed by atoms with E-state index in [1.165, 1.54) is 12.3 Å². The normalized spacial score (nSPS) is 28.7. The number of nitrogens with zero attached hydrogens (tertiary/aromatic N) is 1. The van der Waals surface area contributed by atoms with Crippen LogP contribution in [0.5, 0.6) is 0 Å². The number of anilines is 1. The number of pyridine rings is 1. The van der Waals surface area contributed by atoms with E-state index in [1.807, 2.05) is 13.0 Å². The van der Waals surface area contributed by atoms with Gasteiger partial charge in [0.15, 0.2) is 0 Å². The molecule has 2 aliphatic rings. The molecule has 180 valence electrons. The smallest absolute Gasteiger partial charge is 0.232 e. The van der Waals surface area contributed by atoms with Gasteiger partial charge in [0.2, 0.25) is 22.5 Å². The summed E-state index contributed by atoms with van der Waals surface area (Å²) in [6, 6.07) is 6.80. The number of nitrogens with one attached hydrogen (secondary N) is 2. The summed E-state index contributed by atoms with van der Waals surface area (Å²) in [7, 11) is 0. The highest BCUT2D eigenvalue weighted by molar-refractivity contribution is 7.77. The van der Waals surface area contributed by atoms with Gasteiger partial charge in [0.05, 0.1) is 18.8 Å². The van der Waals surface area contributed by atoms with Crippen molar-refractivity contribution in [2.24, 2.45) is 0 Å². The number of benzene rings is 1. The standard InChI is InChI=1S/C23H29F2N3O4S/c1-14-11-19(27-33(30)31)20(28(14)23-22(25)21(29)9-10-26-23)13-32-18-7-5-15(6-8-18)16-3-2-4-17(24)12-16/h2-4,9-10,12,14-15,18-20,27H,5-8,11,13H2,1H3,(H,26,29)(H,30,31)/t14-,15?,18?,19+,20+/m1/s1. The van der Waals surface area contributed by atoms with Crippen LogP contribution in [0.2, 0.25) is 0 Å². The topological polar surface area (TPSA) is 94.7 Å². The second kappa shape index (κ2) is 10.4. The van der Waals surface area contributed by atoms with Gasteiger partial charge in [0.25, 0.3) is 0 Å². The Bertz CT molecular complexity index is 1040. The molecule has 3 N–H and O–H groups in total. The van der Waals surface area contributed by atoms with Gasteiger partial charge in [-0.05, 0) is 62.6 Å². The molecule has 1 aliphatic heterocycles. The quantitative estimate of drug-likeness (QED) is 0.527. The predicted octanol–water partition coefficient (Wildman–Crippen LogP) is 3.46. The maximum Gasteiger partial charge on any atom is 0.232 e. The van der Waals surface area contributed by atoms with Crippen LogP contribution in [0, 0.1) is 11.6 Å². The lowest BCUT2D eigenvalue weighted by molar-refractivity contribution is 0.0153. The van der Waals surface area contributed by atoms with Crippen LogP contribution in [0.3, 0.4) is 0 Å². The first-order valence-corrected chi connectivity index (χ1v) is 12.3. The number of ether oxygens (including phenoxy) is 1. The van der Waals surface area contributed by atoms with Crippen molar-refractivity contribution in [2.45, 2.75) is 69.2 Å². The summed E-state index contributed by atoms with van der Waals surface area (Å²) in [6.07, 6.45) is 5.25. The minimum absolute atomic E-state index is 0.00694. The van der Waals surface area contributed by atoms with Gasteiger partial charge in [-0.2, -0.15) is 4.39 Å². The molecule has 1 unspecified atom stereocenters. The zero-order valence-electron chi connectivity index (χ0n) is 18.4. The van der Waals surface area contributed by atoms with Crippen LogP contribution in [0.25, 0.3) is 0 Å². The molecule has 2 aromatic rings. The van der Waals surface area contributed by atoms with E-state index in [2.05, 4.69) is 9.71 Å². The highest BCUT2D eigenvalue weighted by Gasteiger charge is 2.42. The van der Waals surface area contributed by atoms with Crippen molar-refractivity contribution in [3.05, 3.63) is 63.9 Å². The number of H-pyrrole nitrogens is 1. The molecular formula is C23H29F2N3O4S. The Morgan fingerprint density at radius 1 is 1.24 bits per heavy atom. The zero-order valence-corrected chi connectivity index (χ0v) is 19.2. The number of hydrogen-bond acceptors (Lipinski definition) is 4. The highest BCUT2D eigenvalue weighted by atomic mass is 32.2. The Morgan fingerprint density at radius 3 is 2.70 bits per heavy atom. The van der Waals surface area contributed by atoms with Crippen molar-refractivity contribution in [1.82, 2.24) is 9.71 Å². The molecule has 1 aromatic carbocycles. The van der Waals surface area contributed by atoms with Crippen molar-refractivity contribution in [3.63, 3.8) is 0 Å². The molecular weight excluding hydrogens is 452 g/mol. The van der Waals surface area contributed by atoms with E-state index in [-0.39, 0.29) is 30.4 Å². The summed E-state index contributed by atoms with van der Waals surface area (Å²) in [5.41, 5.74) is 0.288. The van der Waals surface area contributed by atoms with Crippen LogP contribution in [0.15, 0.2) is 41.3 Å². The molecule has 0 amide bonds. The van der Waals surface area contributed by atoms with E-state index in [0.717, 1.165) is 37.3 Å². The van der Waals surface area contributed by atoms with Gasteiger partial charge in [-0.25, -0.2) is 13.3 Å². The third-order valence-corrected chi connectivity index (χ3v) is 7.28. The van der Waals surface area contributed by atoms with Crippen LogP contribution >= 0.6 is 0 Å². The lowest BCUT2D eigenvalue weighted by atomic mass is 9.82. The molecule has 1 saturated heterocycles. The molecule has 0 radical (unpaired) electrons. The van der Waals surface area contributed by atoms with E-state index in [0.29, 0.717) is 12.3 Å². The van der Waals surface area contributed by atoms with E-state index >= 15 is 0 Å². The van der Waals surface area contributed by atoms with Crippen LogP contribution in [0.4, 0.5) is 14.6 Å². The molecule has 4 rings (SSSR count). The van der Waals surface area contributed by atoms with Crippen LogP contribution in [0.1, 0.15) is 50.5 Å². The molecule has 1 aliphatic carbocycles. The largest absolute Gasteiger partial charge is 0.376 e. The average Bonchev–Trinajstić information content (AvgIpc) is 3.08. The summed E-state index contributed by atoms with van der Waals surface area (Å²) >= 11 is -2.24. The van der Waals surface area contributed by atoms with Crippen LogP contribution in [-0.4, -0.2) is 44.6 Å². The first-order valence-electron chi connectivity index (χ1n) is 11.2. The van der Waals surface area contributed by atoms with Gasteiger partial charge in [0.1, 0.15) is 11.6 Å². The number of hydrogen-bond donors (Lipinski definition) is 3. The molecule has 2 heterocycles. The van der Waals surface area contributed by atoms with Gasteiger partial charge in [-0.15, -0.1) is 0 Å². The van der Waals surface area contributed by atoms with Crippen molar-refractivity contribution in [2.75, 3.05) is 11.5 Å². The fourth-order valence-corrected chi connectivity index (χ4v) is 5.71. The van der Waals surface area contributed by atoms with Gasteiger partial charge < -0.3 is 14.6 Å². The Morgan fingerprint density at radius 2 is 2.00 bits per heavy atom. The average molecular weight is 482 g/mol. The molecule has 0 bridgehead atoms. The van der Waals surface area contributed by atoms with E-state index in [1.54, 1.807) is 17.0 Å². The SMILES string of the molecule is C[C@@H]1C[C@H](NS(=O)O)[C@H](COC2CCC(c3cccc(F)c3)CC2)N1c1[nH]ccc(=O)c1F. The van der Waals surface area contributed by atoms with E-state index in [9.17, 15) is 22.3 Å². The highest BCUT2D eigenvalue weighted by Crippen LogP contribution is 2.36. The molecule has 7 nitrogen and oxygen atoms in total. The van der Waals surface area contributed by atoms with Crippen LogP contribution in [-0.2, 0) is 16.0 Å². The minimum atomic E-state index is -2.24. The summed E-state index contributed by atoms with van der Waals surface area (Å²) < 4.78 is 57.9. The molecule has 1 saturated carbocycles. The van der Waals surface area contributed by atoms with Crippen molar-refractivity contribution >= 4 is 17.1 Å². The molecule has 2 fully saturated rings. The summed E-state index contributed by atoms with van der Waals surface area (Å²) in [4.78, 5) is 16.4. The fourth-order valence-electron chi connectivity index (χ4n) is 5.19. The van der Waals surface area contributed by atoms with Crippen molar-refractivity contribution in [1.29, 1.82) is 0 Å². The molecule has 1 aromatic heterocycles. The number of rotatable bonds is 7. The van der Waals surface area contributed by atoms with Gasteiger partial charge in [-0.1, -0.05) is 12.1 Å². The zero-order chi connectivity index (χ0) is 23.5. The second-order valence-electron chi connectivity index (χ2n) is 8.90. The van der Waals surface area contributed by atoms with Gasteiger partial charge in [0, 0.05) is 24.3 Å². The Kier molecular flexibility index (Phi) is 7.58. The predicted molar refractivity (Wildman–Crippen MR) is 122 cm³/mol.